The Morgan fingerprint density at radius 1 is 0.942 bits per heavy atom. The molecule has 2 aliphatic heterocycles. The summed E-state index contributed by atoms with van der Waals surface area (Å²) < 4.78 is 46.8. The molecule has 2 fully saturated rings. The first kappa shape index (κ1) is 39.5. The number of nitrogens with zero attached hydrogens (tertiary/aromatic N) is 3. The summed E-state index contributed by atoms with van der Waals surface area (Å²) in [5.74, 6) is -0.261. The van der Waals surface area contributed by atoms with E-state index in [1.807, 2.05) is 61.5 Å². The second-order valence-electron chi connectivity index (χ2n) is 12.5. The van der Waals surface area contributed by atoms with Gasteiger partial charge in [-0.1, -0.05) is 49.4 Å². The summed E-state index contributed by atoms with van der Waals surface area (Å²) in [6, 6.07) is 19.1. The van der Waals surface area contributed by atoms with Gasteiger partial charge in [-0.05, 0) is 59.9 Å². The van der Waals surface area contributed by atoms with E-state index < -0.39 is 35.9 Å². The minimum Gasteiger partial charge on any atom is -0.497 e. The lowest BCUT2D eigenvalue weighted by Gasteiger charge is -2.53. The van der Waals surface area contributed by atoms with Crippen LogP contribution in [0.15, 0.2) is 72.8 Å². The van der Waals surface area contributed by atoms with Crippen LogP contribution < -0.4 is 21.1 Å². The summed E-state index contributed by atoms with van der Waals surface area (Å²) in [5, 5.41) is 5.49. The summed E-state index contributed by atoms with van der Waals surface area (Å²) >= 11 is 0. The number of urea groups is 1. The fourth-order valence-corrected chi connectivity index (χ4v) is 6.21. The third-order valence-corrected chi connectivity index (χ3v) is 8.69. The van der Waals surface area contributed by atoms with Gasteiger partial charge in [0.2, 0.25) is 18.2 Å². The first-order valence-corrected chi connectivity index (χ1v) is 16.8. The van der Waals surface area contributed by atoms with E-state index in [0.29, 0.717) is 30.8 Å². The Labute approximate surface area is 301 Å². The quantitative estimate of drug-likeness (QED) is 0.189. The average molecular weight is 727 g/mol. The van der Waals surface area contributed by atoms with E-state index >= 15 is 0 Å². The Bertz CT molecular complexity index is 1660. The van der Waals surface area contributed by atoms with Crippen LogP contribution in [0.5, 0.6) is 5.75 Å². The molecule has 3 atom stereocenters. The summed E-state index contributed by atoms with van der Waals surface area (Å²) in [6.45, 7) is 3.31. The molecule has 15 heteroatoms. The van der Waals surface area contributed by atoms with Crippen molar-refractivity contribution in [2.24, 2.45) is 5.92 Å². The highest BCUT2D eigenvalue weighted by Gasteiger charge is 2.50. The van der Waals surface area contributed by atoms with Gasteiger partial charge in [0.05, 0.1) is 31.7 Å². The lowest BCUT2D eigenvalue weighted by molar-refractivity contribution is -0.176. The minimum atomic E-state index is -4.36. The zero-order valence-corrected chi connectivity index (χ0v) is 29.4. The van der Waals surface area contributed by atoms with Gasteiger partial charge in [-0.2, -0.15) is 13.2 Å². The van der Waals surface area contributed by atoms with Crippen LogP contribution in [0.2, 0.25) is 0 Å². The number of rotatable bonds is 12. The number of ether oxygens (including phenoxy) is 2. The fourth-order valence-electron chi connectivity index (χ4n) is 6.21. The van der Waals surface area contributed by atoms with Crippen molar-refractivity contribution in [1.29, 1.82) is 0 Å². The van der Waals surface area contributed by atoms with E-state index in [0.717, 1.165) is 36.1 Å². The molecule has 3 aromatic carbocycles. The maximum atomic E-state index is 13.8. The first-order chi connectivity index (χ1) is 24.9. The monoisotopic (exact) mass is 726 g/mol. The fraction of sp³-hybridized carbons (Fsp3) is 0.405. The number of halogens is 3. The van der Waals surface area contributed by atoms with Crippen molar-refractivity contribution in [3.05, 3.63) is 95.1 Å². The second kappa shape index (κ2) is 18.3. The Morgan fingerprint density at radius 2 is 1.65 bits per heavy atom. The number of benzene rings is 3. The Morgan fingerprint density at radius 3 is 2.27 bits per heavy atom. The van der Waals surface area contributed by atoms with Crippen molar-refractivity contribution in [3.63, 3.8) is 0 Å². The standard InChI is InChI=1S/C28H35N5O5.C9H10F3NO/c1-3-13-29-28(37)30-15-24-27(36)31(16-21-7-5-4-6-8-21)18-25-32(19-34)17-22(26(35)33(24)25)14-20-9-11-23(38-2)12-10-20;1-14-5-6-2-7(9(10,11)12)4-8(13)3-6/h4-12,19,22,24-25H,3,13-18H2,1-2H3,(H2,29,30,37);2-4H,5,13H2,1H3/t22?,24-,25?;/m0./s1. The van der Waals surface area contributed by atoms with Crippen molar-refractivity contribution < 1.29 is 41.8 Å². The Kier molecular flexibility index (Phi) is 13.9. The van der Waals surface area contributed by atoms with Crippen molar-refractivity contribution in [2.45, 2.75) is 51.3 Å². The number of methoxy groups -OCH3 is 2. The molecule has 5 rings (SSSR count). The van der Waals surface area contributed by atoms with E-state index in [1.165, 1.54) is 18.1 Å². The maximum Gasteiger partial charge on any atom is 0.416 e. The number of anilines is 1. The number of carbonyl (C=O) groups excluding carboxylic acids is 4. The normalized spacial score (nSPS) is 18.6. The molecule has 0 bridgehead atoms. The van der Waals surface area contributed by atoms with Crippen molar-refractivity contribution in [3.8, 4) is 5.75 Å². The van der Waals surface area contributed by atoms with Gasteiger partial charge in [-0.3, -0.25) is 14.4 Å². The van der Waals surface area contributed by atoms with Crippen LogP contribution in [0, 0.1) is 5.92 Å². The Balaban J connectivity index is 0.000000363. The number of hydrogen-bond donors (Lipinski definition) is 3. The molecule has 280 valence electrons. The van der Waals surface area contributed by atoms with E-state index in [4.69, 9.17) is 15.2 Å². The highest BCUT2D eigenvalue weighted by molar-refractivity contribution is 5.92. The minimum absolute atomic E-state index is 0.0517. The first-order valence-electron chi connectivity index (χ1n) is 16.8. The summed E-state index contributed by atoms with van der Waals surface area (Å²) in [5.41, 5.74) is 6.96. The highest BCUT2D eigenvalue weighted by Crippen LogP contribution is 2.32. The van der Waals surface area contributed by atoms with Crippen molar-refractivity contribution >= 4 is 29.9 Å². The molecule has 0 radical (unpaired) electrons. The molecular formula is C37H45F3N6O6. The van der Waals surface area contributed by atoms with Crippen LogP contribution in [0.4, 0.5) is 23.7 Å². The van der Waals surface area contributed by atoms with Gasteiger partial charge in [-0.25, -0.2) is 4.79 Å². The molecule has 4 N–H and O–H groups in total. The molecule has 0 aromatic heterocycles. The predicted octanol–water partition coefficient (Wildman–Crippen LogP) is 4.03. The lowest BCUT2D eigenvalue weighted by Crippen LogP contribution is -2.73. The van der Waals surface area contributed by atoms with Gasteiger partial charge < -0.3 is 40.5 Å². The molecule has 2 saturated heterocycles. The third kappa shape index (κ3) is 10.4. The maximum absolute atomic E-state index is 13.8. The summed E-state index contributed by atoms with van der Waals surface area (Å²) in [7, 11) is 3.00. The molecule has 3 aromatic rings. The van der Waals surface area contributed by atoms with E-state index in [2.05, 4.69) is 10.6 Å². The van der Waals surface area contributed by atoms with Crippen LogP contribution in [0.25, 0.3) is 0 Å². The van der Waals surface area contributed by atoms with Crippen molar-refractivity contribution in [1.82, 2.24) is 25.3 Å². The predicted molar refractivity (Wildman–Crippen MR) is 188 cm³/mol. The van der Waals surface area contributed by atoms with E-state index in [-0.39, 0.29) is 43.7 Å². The molecule has 0 spiro atoms. The molecule has 2 heterocycles. The highest BCUT2D eigenvalue weighted by atomic mass is 19.4. The number of nitrogens with one attached hydrogen (secondary N) is 2. The number of nitrogen functional groups attached to an aromatic ring is 1. The van der Waals surface area contributed by atoms with Crippen LogP contribution in [0.1, 0.15) is 35.6 Å². The number of hydrogen-bond acceptors (Lipinski definition) is 7. The molecule has 12 nitrogen and oxygen atoms in total. The molecule has 0 aliphatic carbocycles. The second-order valence-corrected chi connectivity index (χ2v) is 12.5. The largest absolute Gasteiger partial charge is 0.497 e. The molecule has 2 aliphatic rings. The van der Waals surface area contributed by atoms with Crippen LogP contribution in [-0.4, -0.2) is 91.6 Å². The van der Waals surface area contributed by atoms with E-state index in [9.17, 15) is 32.3 Å². The molecule has 0 saturated carbocycles. The smallest absolute Gasteiger partial charge is 0.416 e. The summed E-state index contributed by atoms with van der Waals surface area (Å²) in [4.78, 5) is 56.9. The number of fused-ring (bicyclic) bond motifs is 1. The van der Waals surface area contributed by atoms with E-state index in [1.54, 1.807) is 16.9 Å². The van der Waals surface area contributed by atoms with Gasteiger partial charge in [0.1, 0.15) is 18.0 Å². The van der Waals surface area contributed by atoms with Crippen LogP contribution in [-0.2, 0) is 44.9 Å². The summed E-state index contributed by atoms with van der Waals surface area (Å²) in [6.07, 6.45) is -3.04. The zero-order chi connectivity index (χ0) is 37.8. The van der Waals surface area contributed by atoms with Crippen molar-refractivity contribution in [2.75, 3.05) is 46.1 Å². The number of amides is 5. The average Bonchev–Trinajstić information content (AvgIpc) is 3.12. The van der Waals surface area contributed by atoms with Crippen LogP contribution in [0.3, 0.4) is 0 Å². The van der Waals surface area contributed by atoms with Gasteiger partial charge in [0.15, 0.2) is 0 Å². The molecule has 52 heavy (non-hydrogen) atoms. The van der Waals surface area contributed by atoms with Gasteiger partial charge in [0, 0.05) is 39.0 Å². The number of alkyl halides is 3. The van der Waals surface area contributed by atoms with Gasteiger partial charge >= 0.3 is 12.2 Å². The lowest BCUT2D eigenvalue weighted by atomic mass is 9.92. The van der Waals surface area contributed by atoms with Gasteiger partial charge in [0.25, 0.3) is 0 Å². The zero-order valence-electron chi connectivity index (χ0n) is 29.4. The number of carbonyl (C=O) groups is 4. The van der Waals surface area contributed by atoms with Gasteiger partial charge in [-0.15, -0.1) is 0 Å². The molecule has 5 amide bonds. The number of piperazine rings is 1. The molecular weight excluding hydrogens is 681 g/mol. The Hall–Kier alpha value is -5.31. The third-order valence-electron chi connectivity index (χ3n) is 8.69. The van der Waals surface area contributed by atoms with Crippen LogP contribution >= 0.6 is 0 Å². The molecule has 2 unspecified atom stereocenters. The topological polar surface area (TPSA) is 147 Å². The number of nitrogens with two attached hydrogens (primary N) is 1. The SMILES string of the molecule is CCCNC(=O)NC[C@H]1C(=O)N(Cc2ccccc2)CC2N(C=O)CC(Cc3ccc(OC)cc3)C(=O)N21.COCc1cc(N)cc(C(F)(F)F)c1.